The van der Waals surface area contributed by atoms with Crippen molar-refractivity contribution in [3.63, 3.8) is 0 Å². The van der Waals surface area contributed by atoms with Crippen molar-refractivity contribution >= 4 is 17.5 Å². The first kappa shape index (κ1) is 18.6. The smallest absolute Gasteiger partial charge is 0.252 e. The number of aromatic nitrogens is 1. The van der Waals surface area contributed by atoms with E-state index in [1.54, 1.807) is 18.2 Å². The van der Waals surface area contributed by atoms with Crippen LogP contribution in [0.15, 0.2) is 36.5 Å². The zero-order chi connectivity index (χ0) is 18.7. The Kier molecular flexibility index (Phi) is 5.74. The van der Waals surface area contributed by atoms with Crippen LogP contribution in [0.3, 0.4) is 0 Å². The lowest BCUT2D eigenvalue weighted by Gasteiger charge is -2.26. The van der Waals surface area contributed by atoms with E-state index in [0.29, 0.717) is 18.0 Å². The highest BCUT2D eigenvalue weighted by molar-refractivity contribution is 6.30. The molecule has 2 heterocycles. The summed E-state index contributed by atoms with van der Waals surface area (Å²) in [7, 11) is 3.53. The van der Waals surface area contributed by atoms with Crippen molar-refractivity contribution in [1.82, 2.24) is 15.2 Å². The van der Waals surface area contributed by atoms with Gasteiger partial charge in [0, 0.05) is 24.8 Å². The first-order valence-electron chi connectivity index (χ1n) is 8.43. The number of pyridine rings is 1. The number of benzene rings is 1. The third-order valence-corrected chi connectivity index (χ3v) is 5.10. The Labute approximate surface area is 157 Å². The van der Waals surface area contributed by atoms with Gasteiger partial charge >= 0.3 is 0 Å². The van der Waals surface area contributed by atoms with Crippen LogP contribution in [0.2, 0.25) is 5.02 Å². The average molecular weight is 378 g/mol. The maximum Gasteiger partial charge on any atom is 0.252 e. The van der Waals surface area contributed by atoms with Crippen LogP contribution >= 0.6 is 11.6 Å². The third-order valence-electron chi connectivity index (χ3n) is 4.79. The lowest BCUT2D eigenvalue weighted by molar-refractivity contribution is 0.0943. The van der Waals surface area contributed by atoms with Gasteiger partial charge in [0.05, 0.1) is 17.7 Å². The first-order chi connectivity index (χ1) is 12.5. The van der Waals surface area contributed by atoms with Gasteiger partial charge in [-0.2, -0.15) is 0 Å². The number of nitrogens with one attached hydrogen (secondary N) is 1. The summed E-state index contributed by atoms with van der Waals surface area (Å²) in [6.07, 6.45) is 2.41. The van der Waals surface area contributed by atoms with Gasteiger partial charge in [-0.3, -0.25) is 9.69 Å². The molecule has 1 N–H and O–H groups in total. The lowest BCUT2D eigenvalue weighted by atomic mass is 9.93. The minimum Gasteiger partial charge on any atom is -0.481 e. The van der Waals surface area contributed by atoms with E-state index in [2.05, 4.69) is 15.2 Å². The Morgan fingerprint density at radius 3 is 2.88 bits per heavy atom. The molecule has 1 saturated heterocycles. The summed E-state index contributed by atoms with van der Waals surface area (Å²) in [5.41, 5.74) is 1.35. The van der Waals surface area contributed by atoms with Gasteiger partial charge in [0.1, 0.15) is 5.82 Å². The molecule has 2 unspecified atom stereocenters. The maximum absolute atomic E-state index is 13.8. The van der Waals surface area contributed by atoms with Crippen LogP contribution in [0.25, 0.3) is 0 Å². The molecule has 26 heavy (non-hydrogen) atoms. The molecule has 138 valence electrons. The van der Waals surface area contributed by atoms with Crippen molar-refractivity contribution in [2.45, 2.75) is 12.5 Å². The average Bonchev–Trinajstić information content (AvgIpc) is 3.02. The number of rotatable bonds is 5. The van der Waals surface area contributed by atoms with Crippen LogP contribution in [0.5, 0.6) is 5.88 Å². The topological polar surface area (TPSA) is 54.5 Å². The second-order valence-corrected chi connectivity index (χ2v) is 6.85. The Morgan fingerprint density at radius 2 is 2.23 bits per heavy atom. The number of halogens is 2. The molecule has 3 rings (SSSR count). The molecule has 7 heteroatoms. The van der Waals surface area contributed by atoms with Crippen molar-refractivity contribution in [3.05, 3.63) is 58.5 Å². The zero-order valence-corrected chi connectivity index (χ0v) is 15.5. The fraction of sp³-hybridized carbons (Fsp3) is 0.368. The molecule has 1 amide bonds. The second-order valence-electron chi connectivity index (χ2n) is 6.45. The number of carbonyl (C=O) groups excluding carboxylic acids is 1. The van der Waals surface area contributed by atoms with Crippen LogP contribution in [-0.4, -0.2) is 43.0 Å². The zero-order valence-electron chi connectivity index (χ0n) is 14.7. The molecule has 0 aliphatic carbocycles. The third kappa shape index (κ3) is 3.97. The first-order valence-corrected chi connectivity index (χ1v) is 8.81. The Bertz CT molecular complexity index is 785. The second kappa shape index (κ2) is 8.01. The molecule has 1 aliphatic rings. The number of methoxy groups -OCH3 is 1. The molecule has 1 aromatic carbocycles. The van der Waals surface area contributed by atoms with Crippen molar-refractivity contribution in [2.75, 3.05) is 27.2 Å². The van der Waals surface area contributed by atoms with Gasteiger partial charge in [-0.25, -0.2) is 9.37 Å². The predicted molar refractivity (Wildman–Crippen MR) is 98.0 cm³/mol. The summed E-state index contributed by atoms with van der Waals surface area (Å²) >= 11 is 5.79. The van der Waals surface area contributed by atoms with E-state index in [1.165, 1.54) is 19.4 Å². The molecule has 0 radical (unpaired) electrons. The van der Waals surface area contributed by atoms with E-state index >= 15 is 0 Å². The Balaban J connectivity index is 1.67. The number of ether oxygens (including phenoxy) is 1. The number of amides is 1. The predicted octanol–water partition coefficient (Wildman–Crippen LogP) is 3.31. The number of hydrogen-bond donors (Lipinski definition) is 1. The summed E-state index contributed by atoms with van der Waals surface area (Å²) in [4.78, 5) is 18.6. The fourth-order valence-electron chi connectivity index (χ4n) is 3.42. The van der Waals surface area contributed by atoms with Gasteiger partial charge in [0.15, 0.2) is 0 Å². The molecule has 1 aliphatic heterocycles. The molecule has 0 saturated carbocycles. The highest BCUT2D eigenvalue weighted by atomic mass is 35.5. The van der Waals surface area contributed by atoms with E-state index in [1.807, 2.05) is 13.1 Å². The largest absolute Gasteiger partial charge is 0.481 e. The molecule has 2 aromatic rings. The van der Waals surface area contributed by atoms with Gasteiger partial charge in [-0.05, 0) is 49.7 Å². The summed E-state index contributed by atoms with van der Waals surface area (Å²) < 4.78 is 18.8. The van der Waals surface area contributed by atoms with Crippen LogP contribution < -0.4 is 10.1 Å². The summed E-state index contributed by atoms with van der Waals surface area (Å²) in [5.74, 6) is 0.0480. The molecule has 5 nitrogen and oxygen atoms in total. The minimum atomic E-state index is -0.420. The summed E-state index contributed by atoms with van der Waals surface area (Å²) in [6.45, 7) is 1.39. The lowest BCUT2D eigenvalue weighted by Crippen LogP contribution is -2.32. The monoisotopic (exact) mass is 377 g/mol. The van der Waals surface area contributed by atoms with Crippen LogP contribution in [0.1, 0.15) is 28.4 Å². The molecular formula is C19H21ClFN3O2. The molecule has 0 spiro atoms. The quantitative estimate of drug-likeness (QED) is 0.868. The van der Waals surface area contributed by atoms with Gasteiger partial charge in [0.2, 0.25) is 5.88 Å². The van der Waals surface area contributed by atoms with E-state index < -0.39 is 5.82 Å². The van der Waals surface area contributed by atoms with E-state index in [-0.39, 0.29) is 22.9 Å². The van der Waals surface area contributed by atoms with E-state index in [9.17, 15) is 9.18 Å². The standard InChI is InChI=1S/C19H21ClFN3O2/c1-24-8-7-13(18(24)12-3-5-15(20)16(21)9-12)10-23-19(25)14-4-6-17(26-2)22-11-14/h3-6,9,11,13,18H,7-8,10H2,1-2H3,(H,23,25). The van der Waals surface area contributed by atoms with Crippen molar-refractivity contribution < 1.29 is 13.9 Å². The normalized spacial score (nSPS) is 20.2. The SMILES string of the molecule is COc1ccc(C(=O)NCC2CCN(C)C2c2ccc(Cl)c(F)c2)cn1. The van der Waals surface area contributed by atoms with Crippen molar-refractivity contribution in [1.29, 1.82) is 0 Å². The molecule has 0 bridgehead atoms. The van der Waals surface area contributed by atoms with Gasteiger partial charge in [-0.15, -0.1) is 0 Å². The number of likely N-dealkylation sites (tertiary alicyclic amines) is 1. The highest BCUT2D eigenvalue weighted by Crippen LogP contribution is 2.36. The number of carbonyl (C=O) groups is 1. The fourth-order valence-corrected chi connectivity index (χ4v) is 3.54. The maximum atomic E-state index is 13.8. The molecular weight excluding hydrogens is 357 g/mol. The Hall–Kier alpha value is -2.18. The van der Waals surface area contributed by atoms with E-state index in [0.717, 1.165) is 18.5 Å². The number of hydrogen-bond acceptors (Lipinski definition) is 4. The summed E-state index contributed by atoms with van der Waals surface area (Å²) in [6, 6.07) is 8.27. The molecule has 2 atom stereocenters. The minimum absolute atomic E-state index is 0.0380. The highest BCUT2D eigenvalue weighted by Gasteiger charge is 2.33. The van der Waals surface area contributed by atoms with Gasteiger partial charge < -0.3 is 10.1 Å². The van der Waals surface area contributed by atoms with Crippen molar-refractivity contribution in [2.24, 2.45) is 5.92 Å². The Morgan fingerprint density at radius 1 is 1.42 bits per heavy atom. The van der Waals surface area contributed by atoms with E-state index in [4.69, 9.17) is 16.3 Å². The number of nitrogens with zero attached hydrogens (tertiary/aromatic N) is 2. The molecule has 1 aromatic heterocycles. The van der Waals surface area contributed by atoms with Gasteiger partial charge in [0.25, 0.3) is 5.91 Å². The van der Waals surface area contributed by atoms with Crippen LogP contribution in [0.4, 0.5) is 4.39 Å². The van der Waals surface area contributed by atoms with Crippen molar-refractivity contribution in [3.8, 4) is 5.88 Å². The van der Waals surface area contributed by atoms with Crippen LogP contribution in [-0.2, 0) is 0 Å². The van der Waals surface area contributed by atoms with Crippen LogP contribution in [0, 0.1) is 11.7 Å². The van der Waals surface area contributed by atoms with Gasteiger partial charge in [-0.1, -0.05) is 17.7 Å². The molecule has 1 fully saturated rings. The summed E-state index contributed by atoms with van der Waals surface area (Å²) in [5, 5.41) is 3.08.